The number of amides is 1. The summed E-state index contributed by atoms with van der Waals surface area (Å²) < 4.78 is 5.52. The summed E-state index contributed by atoms with van der Waals surface area (Å²) in [5.74, 6) is 2.47. The third kappa shape index (κ3) is 3.75. The first-order valence-corrected chi connectivity index (χ1v) is 9.65. The molecule has 24 heavy (non-hydrogen) atoms. The zero-order chi connectivity index (χ0) is 16.9. The number of ether oxygens (including phenoxy) is 1. The van der Waals surface area contributed by atoms with Gasteiger partial charge in [0.05, 0.1) is 29.3 Å². The van der Waals surface area contributed by atoms with Crippen LogP contribution in [0.5, 0.6) is 0 Å². The van der Waals surface area contributed by atoms with Gasteiger partial charge < -0.3 is 15.0 Å². The van der Waals surface area contributed by atoms with Gasteiger partial charge in [-0.25, -0.2) is 4.98 Å². The smallest absolute Gasteiger partial charge is 0.251 e. The van der Waals surface area contributed by atoms with E-state index in [1.54, 1.807) is 11.8 Å². The Morgan fingerprint density at radius 1 is 1.46 bits per heavy atom. The van der Waals surface area contributed by atoms with Crippen molar-refractivity contribution in [1.29, 1.82) is 0 Å². The van der Waals surface area contributed by atoms with Gasteiger partial charge in [-0.2, -0.15) is 11.8 Å². The molecule has 1 amide bonds. The van der Waals surface area contributed by atoms with Crippen molar-refractivity contribution in [2.24, 2.45) is 0 Å². The van der Waals surface area contributed by atoms with Crippen molar-refractivity contribution >= 4 is 28.7 Å². The average molecular weight is 345 g/mol. The van der Waals surface area contributed by atoms with Gasteiger partial charge in [0.15, 0.2) is 0 Å². The summed E-state index contributed by atoms with van der Waals surface area (Å²) in [6.45, 7) is 2.56. The third-order valence-corrected chi connectivity index (χ3v) is 4.89. The highest BCUT2D eigenvalue weighted by atomic mass is 32.2. The zero-order valence-electron chi connectivity index (χ0n) is 14.1. The molecule has 1 aliphatic heterocycles. The minimum Gasteiger partial charge on any atom is -0.498 e. The number of hydrogen-bond acceptors (Lipinski definition) is 4. The normalized spacial score (nSPS) is 16.1. The van der Waals surface area contributed by atoms with Gasteiger partial charge in [-0.15, -0.1) is 0 Å². The van der Waals surface area contributed by atoms with E-state index in [2.05, 4.69) is 21.5 Å². The Morgan fingerprint density at radius 2 is 2.29 bits per heavy atom. The Kier molecular flexibility index (Phi) is 5.45. The van der Waals surface area contributed by atoms with E-state index in [9.17, 15) is 4.79 Å². The molecule has 1 aliphatic rings. The van der Waals surface area contributed by atoms with E-state index in [0.29, 0.717) is 6.61 Å². The molecule has 0 aliphatic carbocycles. The molecule has 0 unspecified atom stereocenters. The summed E-state index contributed by atoms with van der Waals surface area (Å²) in [4.78, 5) is 20.7. The molecule has 5 nitrogen and oxygen atoms in total. The van der Waals surface area contributed by atoms with E-state index in [1.807, 2.05) is 31.2 Å². The van der Waals surface area contributed by atoms with Crippen LogP contribution in [0.3, 0.4) is 0 Å². The van der Waals surface area contributed by atoms with Gasteiger partial charge in [0.1, 0.15) is 11.6 Å². The summed E-state index contributed by atoms with van der Waals surface area (Å²) in [6, 6.07) is 7.80. The lowest BCUT2D eigenvalue weighted by atomic mass is 10.1. The molecule has 0 saturated carbocycles. The second-order valence-corrected chi connectivity index (χ2v) is 6.92. The van der Waals surface area contributed by atoms with Crippen molar-refractivity contribution in [3.63, 3.8) is 0 Å². The van der Waals surface area contributed by atoms with Gasteiger partial charge in [0, 0.05) is 0 Å². The number of imidazole rings is 1. The van der Waals surface area contributed by atoms with Crippen LogP contribution in [0.2, 0.25) is 0 Å². The highest BCUT2D eigenvalue weighted by Gasteiger charge is 2.23. The van der Waals surface area contributed by atoms with Gasteiger partial charge in [-0.05, 0) is 50.3 Å². The summed E-state index contributed by atoms with van der Waals surface area (Å²) in [7, 11) is 0. The number of H-pyrrole nitrogens is 1. The van der Waals surface area contributed by atoms with Crippen molar-refractivity contribution < 1.29 is 9.53 Å². The molecular formula is C18H23N3O2S. The SMILES string of the molecule is CSCC[C@@H](NC(=O)C1=C(C)OCCC1)c1nc2ccccc2[nH]1. The number of rotatable bonds is 6. The average Bonchev–Trinajstić information content (AvgIpc) is 3.02. The maximum absolute atomic E-state index is 12.7. The number of aromatic amines is 1. The summed E-state index contributed by atoms with van der Waals surface area (Å²) >= 11 is 1.77. The standard InChI is InChI=1S/C18H23N3O2S/c1-12-13(6-5-10-23-12)18(22)21-16(9-11-24-2)17-19-14-7-3-4-8-15(14)20-17/h3-4,7-8,16H,5-6,9-11H2,1-2H3,(H,19,20)(H,21,22)/t16-/m1/s1. The lowest BCUT2D eigenvalue weighted by Gasteiger charge is -2.21. The van der Waals surface area contributed by atoms with E-state index >= 15 is 0 Å². The maximum Gasteiger partial charge on any atom is 0.251 e. The molecule has 1 aromatic carbocycles. The number of benzene rings is 1. The van der Waals surface area contributed by atoms with Crippen LogP contribution in [0, 0.1) is 0 Å². The van der Waals surface area contributed by atoms with Crippen LogP contribution in [0.25, 0.3) is 11.0 Å². The minimum atomic E-state index is -0.125. The molecular weight excluding hydrogens is 322 g/mol. The van der Waals surface area contributed by atoms with Crippen LogP contribution in [0.4, 0.5) is 0 Å². The van der Waals surface area contributed by atoms with Crippen molar-refractivity contribution in [3.8, 4) is 0 Å². The summed E-state index contributed by atoms with van der Waals surface area (Å²) in [5, 5.41) is 3.15. The first kappa shape index (κ1) is 16.9. The number of para-hydroxylation sites is 2. The second-order valence-electron chi connectivity index (χ2n) is 5.93. The van der Waals surface area contributed by atoms with E-state index < -0.39 is 0 Å². The van der Waals surface area contributed by atoms with Gasteiger partial charge in [0.25, 0.3) is 5.91 Å². The van der Waals surface area contributed by atoms with E-state index in [-0.39, 0.29) is 11.9 Å². The Bertz CT molecular complexity index is 721. The number of nitrogens with one attached hydrogen (secondary N) is 2. The fourth-order valence-electron chi connectivity index (χ4n) is 2.91. The number of aromatic nitrogens is 2. The van der Waals surface area contributed by atoms with Crippen LogP contribution in [0.15, 0.2) is 35.6 Å². The molecule has 2 N–H and O–H groups in total. The van der Waals surface area contributed by atoms with Gasteiger partial charge in [-0.3, -0.25) is 4.79 Å². The molecule has 0 saturated heterocycles. The van der Waals surface area contributed by atoms with E-state index in [4.69, 9.17) is 4.74 Å². The van der Waals surface area contributed by atoms with Gasteiger partial charge >= 0.3 is 0 Å². The van der Waals surface area contributed by atoms with Crippen molar-refractivity contribution in [1.82, 2.24) is 15.3 Å². The molecule has 1 aromatic heterocycles. The third-order valence-electron chi connectivity index (χ3n) is 4.24. The molecule has 0 radical (unpaired) electrons. The minimum absolute atomic E-state index is 0.0428. The molecule has 0 bridgehead atoms. The monoisotopic (exact) mass is 345 g/mol. The lowest BCUT2D eigenvalue weighted by molar-refractivity contribution is -0.119. The van der Waals surface area contributed by atoms with Crippen LogP contribution < -0.4 is 5.32 Å². The van der Waals surface area contributed by atoms with Crippen LogP contribution >= 0.6 is 11.8 Å². The Morgan fingerprint density at radius 3 is 3.04 bits per heavy atom. The summed E-state index contributed by atoms with van der Waals surface area (Å²) in [5.41, 5.74) is 2.67. The molecule has 0 spiro atoms. The second kappa shape index (κ2) is 7.75. The highest BCUT2D eigenvalue weighted by molar-refractivity contribution is 7.98. The number of nitrogens with zero attached hydrogens (tertiary/aromatic N) is 1. The predicted octanol–water partition coefficient (Wildman–Crippen LogP) is 3.56. The van der Waals surface area contributed by atoms with Crippen molar-refractivity contribution in [2.75, 3.05) is 18.6 Å². The largest absolute Gasteiger partial charge is 0.498 e. The van der Waals surface area contributed by atoms with E-state index in [0.717, 1.165) is 53.2 Å². The zero-order valence-corrected chi connectivity index (χ0v) is 14.9. The number of fused-ring (bicyclic) bond motifs is 1. The molecule has 1 atom stereocenters. The van der Waals surface area contributed by atoms with Crippen LogP contribution in [-0.4, -0.2) is 34.5 Å². The quantitative estimate of drug-likeness (QED) is 0.840. The van der Waals surface area contributed by atoms with Crippen LogP contribution in [-0.2, 0) is 9.53 Å². The van der Waals surface area contributed by atoms with Gasteiger partial charge in [-0.1, -0.05) is 12.1 Å². The van der Waals surface area contributed by atoms with Gasteiger partial charge in [0.2, 0.25) is 0 Å². The first-order chi connectivity index (χ1) is 11.7. The Hall–Kier alpha value is -1.95. The fourth-order valence-corrected chi connectivity index (χ4v) is 3.38. The van der Waals surface area contributed by atoms with Crippen LogP contribution in [0.1, 0.15) is 38.1 Å². The Labute approximate surface area is 146 Å². The number of allylic oxidation sites excluding steroid dienone is 1. The lowest BCUT2D eigenvalue weighted by Crippen LogP contribution is -2.32. The predicted molar refractivity (Wildman–Crippen MR) is 97.9 cm³/mol. The maximum atomic E-state index is 12.7. The first-order valence-electron chi connectivity index (χ1n) is 8.26. The molecule has 2 heterocycles. The van der Waals surface area contributed by atoms with Crippen molar-refractivity contribution in [2.45, 2.75) is 32.2 Å². The fraction of sp³-hybridized carbons (Fsp3) is 0.444. The highest BCUT2D eigenvalue weighted by Crippen LogP contribution is 2.23. The summed E-state index contributed by atoms with van der Waals surface area (Å²) in [6.07, 6.45) is 4.56. The van der Waals surface area contributed by atoms with Crippen molar-refractivity contribution in [3.05, 3.63) is 41.4 Å². The molecule has 0 fully saturated rings. The number of carbonyl (C=O) groups excluding carboxylic acids is 1. The van der Waals surface area contributed by atoms with E-state index in [1.165, 1.54) is 0 Å². The Balaban J connectivity index is 1.82. The molecule has 2 aromatic rings. The number of carbonyl (C=O) groups is 1. The molecule has 6 heteroatoms. The molecule has 128 valence electrons. The molecule has 3 rings (SSSR count). The number of thioether (sulfide) groups is 1. The topological polar surface area (TPSA) is 67.0 Å². The number of hydrogen-bond donors (Lipinski definition) is 2.